The highest BCUT2D eigenvalue weighted by atomic mass is 16.3. The first kappa shape index (κ1) is 16.8. The van der Waals surface area contributed by atoms with E-state index in [0.717, 1.165) is 12.0 Å². The van der Waals surface area contributed by atoms with Crippen LogP contribution in [0, 0.1) is 22.7 Å². The number of hydrogen-bond acceptors (Lipinski definition) is 2. The Labute approximate surface area is 130 Å². The van der Waals surface area contributed by atoms with Crippen molar-refractivity contribution in [3.05, 3.63) is 24.3 Å². The lowest BCUT2D eigenvalue weighted by Crippen LogP contribution is -2.50. The first-order valence-electron chi connectivity index (χ1n) is 8.32. The van der Waals surface area contributed by atoms with Crippen LogP contribution in [0.2, 0.25) is 0 Å². The Morgan fingerprint density at radius 2 is 2.05 bits per heavy atom. The molecule has 0 aromatic rings. The highest BCUT2D eigenvalue weighted by Gasteiger charge is 2.53. The van der Waals surface area contributed by atoms with Crippen molar-refractivity contribution in [1.29, 1.82) is 0 Å². The molecule has 1 saturated carbocycles. The number of allylic oxidation sites excluding steroid dienone is 1. The Hall–Kier alpha value is -0.600. The lowest BCUT2D eigenvalue weighted by atomic mass is 9.47. The topological polar surface area (TPSA) is 40.5 Å². The Bertz CT molecular complexity index is 433. The van der Waals surface area contributed by atoms with E-state index in [-0.39, 0.29) is 17.9 Å². The summed E-state index contributed by atoms with van der Waals surface area (Å²) >= 11 is 0. The fourth-order valence-electron chi connectivity index (χ4n) is 5.04. The molecule has 0 bridgehead atoms. The van der Waals surface area contributed by atoms with Crippen LogP contribution < -0.4 is 0 Å². The molecule has 2 nitrogen and oxygen atoms in total. The first-order valence-corrected chi connectivity index (χ1v) is 8.32. The minimum atomic E-state index is -0.870. The second-order valence-corrected chi connectivity index (χ2v) is 8.39. The SMILES string of the molecule is C=CC(C)(O)CC1C(CO)=CCC2C(C)(C)CCCC12C. The standard InChI is InChI=1S/C19H32O2/c1-6-18(4,21)12-15-14(13-20)8-9-16-17(2,3)10-7-11-19(15,16)5/h6,8,15-16,20-21H,1,7,9-13H2,2-5H3. The molecule has 0 heterocycles. The fraction of sp³-hybridized carbons (Fsp3) is 0.789. The maximum atomic E-state index is 10.5. The van der Waals surface area contributed by atoms with E-state index < -0.39 is 5.60 Å². The molecule has 0 spiro atoms. The Morgan fingerprint density at radius 3 is 2.62 bits per heavy atom. The predicted octanol–water partition coefficient (Wildman–Crippen LogP) is 4.08. The van der Waals surface area contributed by atoms with Gasteiger partial charge in [0.05, 0.1) is 12.2 Å². The van der Waals surface area contributed by atoms with Crippen molar-refractivity contribution in [2.45, 2.75) is 65.4 Å². The molecule has 4 unspecified atom stereocenters. The van der Waals surface area contributed by atoms with E-state index >= 15 is 0 Å². The molecule has 0 aromatic carbocycles. The average Bonchev–Trinajstić information content (AvgIpc) is 2.39. The molecule has 2 N–H and O–H groups in total. The lowest BCUT2D eigenvalue weighted by molar-refractivity contribution is -0.0596. The van der Waals surface area contributed by atoms with E-state index in [1.54, 1.807) is 6.08 Å². The molecule has 0 amide bonds. The van der Waals surface area contributed by atoms with Gasteiger partial charge in [-0.1, -0.05) is 39.3 Å². The van der Waals surface area contributed by atoms with Gasteiger partial charge < -0.3 is 10.2 Å². The second-order valence-electron chi connectivity index (χ2n) is 8.39. The van der Waals surface area contributed by atoms with E-state index in [1.165, 1.54) is 19.3 Å². The normalized spacial score (nSPS) is 38.1. The Kier molecular flexibility index (Phi) is 4.43. The Balaban J connectivity index is 2.40. The van der Waals surface area contributed by atoms with Crippen LogP contribution in [-0.2, 0) is 0 Å². The van der Waals surface area contributed by atoms with Gasteiger partial charge in [0.15, 0.2) is 0 Å². The molecule has 1 fully saturated rings. The molecule has 0 aromatic heterocycles. The fourth-order valence-corrected chi connectivity index (χ4v) is 5.04. The van der Waals surface area contributed by atoms with E-state index in [2.05, 4.69) is 33.4 Å². The Morgan fingerprint density at radius 1 is 1.38 bits per heavy atom. The molecular weight excluding hydrogens is 260 g/mol. The number of aliphatic hydroxyl groups is 2. The predicted molar refractivity (Wildman–Crippen MR) is 87.9 cm³/mol. The van der Waals surface area contributed by atoms with Crippen molar-refractivity contribution in [2.24, 2.45) is 22.7 Å². The van der Waals surface area contributed by atoms with Gasteiger partial charge in [-0.15, -0.1) is 6.58 Å². The molecule has 120 valence electrons. The zero-order valence-electron chi connectivity index (χ0n) is 14.2. The summed E-state index contributed by atoms with van der Waals surface area (Å²) in [6.07, 6.45) is 9.31. The summed E-state index contributed by atoms with van der Waals surface area (Å²) in [6, 6.07) is 0. The summed E-state index contributed by atoms with van der Waals surface area (Å²) in [6.45, 7) is 12.9. The average molecular weight is 292 g/mol. The van der Waals surface area contributed by atoms with Crippen LogP contribution in [0.3, 0.4) is 0 Å². The van der Waals surface area contributed by atoms with Crippen LogP contribution in [0.15, 0.2) is 24.3 Å². The number of aliphatic hydroxyl groups excluding tert-OH is 1. The van der Waals surface area contributed by atoms with E-state index in [9.17, 15) is 10.2 Å². The largest absolute Gasteiger partial charge is 0.392 e. The van der Waals surface area contributed by atoms with Crippen molar-refractivity contribution in [1.82, 2.24) is 0 Å². The van der Waals surface area contributed by atoms with Gasteiger partial charge in [-0.25, -0.2) is 0 Å². The van der Waals surface area contributed by atoms with Crippen molar-refractivity contribution in [3.8, 4) is 0 Å². The maximum absolute atomic E-state index is 10.5. The molecule has 4 atom stereocenters. The van der Waals surface area contributed by atoms with Crippen molar-refractivity contribution < 1.29 is 10.2 Å². The van der Waals surface area contributed by atoms with Gasteiger partial charge in [0.2, 0.25) is 0 Å². The highest BCUT2D eigenvalue weighted by Crippen LogP contribution is 2.60. The van der Waals surface area contributed by atoms with E-state index in [4.69, 9.17) is 0 Å². The van der Waals surface area contributed by atoms with Gasteiger partial charge in [-0.2, -0.15) is 0 Å². The summed E-state index contributed by atoms with van der Waals surface area (Å²) in [5.74, 6) is 0.869. The van der Waals surface area contributed by atoms with Crippen LogP contribution in [0.5, 0.6) is 0 Å². The third-order valence-electron chi connectivity index (χ3n) is 6.38. The molecule has 0 saturated heterocycles. The summed E-state index contributed by atoms with van der Waals surface area (Å²) < 4.78 is 0. The molecule has 21 heavy (non-hydrogen) atoms. The van der Waals surface area contributed by atoms with Crippen LogP contribution in [0.25, 0.3) is 0 Å². The van der Waals surface area contributed by atoms with Gasteiger partial charge in [-0.3, -0.25) is 0 Å². The maximum Gasteiger partial charge on any atom is 0.0803 e. The summed E-state index contributed by atoms with van der Waals surface area (Å²) in [5, 5.41) is 20.3. The molecule has 2 aliphatic rings. The molecule has 0 aliphatic heterocycles. The molecule has 0 radical (unpaired) electrons. The summed E-state index contributed by atoms with van der Waals surface area (Å²) in [5.41, 5.74) is 0.754. The second kappa shape index (κ2) is 5.55. The van der Waals surface area contributed by atoms with E-state index in [1.807, 2.05) is 6.92 Å². The summed E-state index contributed by atoms with van der Waals surface area (Å²) in [4.78, 5) is 0. The monoisotopic (exact) mass is 292 g/mol. The summed E-state index contributed by atoms with van der Waals surface area (Å²) in [7, 11) is 0. The molecule has 2 aliphatic carbocycles. The van der Waals surface area contributed by atoms with Gasteiger partial charge in [0, 0.05) is 0 Å². The minimum Gasteiger partial charge on any atom is -0.392 e. The van der Waals surface area contributed by atoms with E-state index in [0.29, 0.717) is 17.8 Å². The van der Waals surface area contributed by atoms with Crippen molar-refractivity contribution in [2.75, 3.05) is 6.61 Å². The zero-order valence-corrected chi connectivity index (χ0v) is 14.2. The van der Waals surface area contributed by atoms with Crippen molar-refractivity contribution in [3.63, 3.8) is 0 Å². The first-order chi connectivity index (χ1) is 9.66. The van der Waals surface area contributed by atoms with Gasteiger partial charge >= 0.3 is 0 Å². The van der Waals surface area contributed by atoms with Gasteiger partial charge in [0.25, 0.3) is 0 Å². The molecule has 2 heteroatoms. The number of rotatable bonds is 4. The molecule has 2 rings (SSSR count). The third-order valence-corrected chi connectivity index (χ3v) is 6.38. The van der Waals surface area contributed by atoms with Gasteiger partial charge in [-0.05, 0) is 60.8 Å². The van der Waals surface area contributed by atoms with Crippen LogP contribution in [0.4, 0.5) is 0 Å². The third kappa shape index (κ3) is 2.98. The van der Waals surface area contributed by atoms with Crippen LogP contribution >= 0.6 is 0 Å². The highest BCUT2D eigenvalue weighted by molar-refractivity contribution is 5.21. The van der Waals surface area contributed by atoms with Crippen LogP contribution in [0.1, 0.15) is 59.8 Å². The zero-order chi connectivity index (χ0) is 15.9. The number of fused-ring (bicyclic) bond motifs is 1. The lowest BCUT2D eigenvalue weighted by Gasteiger charge is -2.57. The quantitative estimate of drug-likeness (QED) is 0.766. The van der Waals surface area contributed by atoms with Gasteiger partial charge in [0.1, 0.15) is 0 Å². The smallest absolute Gasteiger partial charge is 0.0803 e. The van der Waals surface area contributed by atoms with Crippen molar-refractivity contribution >= 4 is 0 Å². The minimum absolute atomic E-state index is 0.112. The molecular formula is C19H32O2. The van der Waals surface area contributed by atoms with Crippen LogP contribution in [-0.4, -0.2) is 22.4 Å². The number of hydrogen-bond donors (Lipinski definition) is 2.